The molecule has 1 heterocycles. The lowest BCUT2D eigenvalue weighted by molar-refractivity contribution is -0.148. The number of aromatic nitrogens is 2. The number of esters is 1. The lowest BCUT2D eigenvalue weighted by Crippen LogP contribution is -2.36. The van der Waals surface area contributed by atoms with E-state index in [1.165, 1.54) is 14.0 Å². The standard InChI is InChI=1S/C20H18N2O4/c1-13(23)18(20(25)26-2)22-19(24)16-11-10-15(12-17(16)21-22)9-8-14-6-4-3-5-7-14/h3-7,10-13,18,21,23H,1-2H3/t13-,18?/m1/s1. The lowest BCUT2D eigenvalue weighted by Gasteiger charge is -2.17. The molecule has 1 unspecified atom stereocenters. The van der Waals surface area contributed by atoms with E-state index in [4.69, 9.17) is 0 Å². The van der Waals surface area contributed by atoms with E-state index in [0.717, 1.165) is 15.8 Å². The molecule has 2 atom stereocenters. The monoisotopic (exact) mass is 350 g/mol. The van der Waals surface area contributed by atoms with E-state index < -0.39 is 23.7 Å². The molecule has 0 amide bonds. The van der Waals surface area contributed by atoms with Crippen LogP contribution in [0.5, 0.6) is 0 Å². The number of aliphatic hydroxyl groups excluding tert-OH is 1. The number of H-pyrrole nitrogens is 1. The van der Waals surface area contributed by atoms with Gasteiger partial charge in [0.25, 0.3) is 5.56 Å². The Kier molecular flexibility index (Phi) is 4.92. The molecule has 26 heavy (non-hydrogen) atoms. The average molecular weight is 350 g/mol. The van der Waals surface area contributed by atoms with Gasteiger partial charge in [-0.3, -0.25) is 9.89 Å². The molecule has 2 N–H and O–H groups in total. The van der Waals surface area contributed by atoms with Crippen molar-refractivity contribution in [1.82, 2.24) is 9.78 Å². The number of nitrogens with zero attached hydrogens (tertiary/aromatic N) is 1. The number of fused-ring (bicyclic) bond motifs is 1. The van der Waals surface area contributed by atoms with Gasteiger partial charge in [-0.1, -0.05) is 30.0 Å². The van der Waals surface area contributed by atoms with E-state index in [1.807, 2.05) is 30.3 Å². The van der Waals surface area contributed by atoms with Gasteiger partial charge in [0, 0.05) is 11.1 Å². The van der Waals surface area contributed by atoms with Crippen LogP contribution in [0, 0.1) is 11.8 Å². The molecule has 6 heteroatoms. The first-order valence-electron chi connectivity index (χ1n) is 8.08. The van der Waals surface area contributed by atoms with Crippen LogP contribution in [0.15, 0.2) is 53.3 Å². The van der Waals surface area contributed by atoms with Crippen molar-refractivity contribution in [3.8, 4) is 11.8 Å². The van der Waals surface area contributed by atoms with Crippen LogP contribution in [0.1, 0.15) is 24.1 Å². The number of aliphatic hydroxyl groups is 1. The van der Waals surface area contributed by atoms with E-state index in [0.29, 0.717) is 10.9 Å². The van der Waals surface area contributed by atoms with Gasteiger partial charge >= 0.3 is 5.97 Å². The van der Waals surface area contributed by atoms with Gasteiger partial charge in [0.1, 0.15) is 0 Å². The second-order valence-corrected chi connectivity index (χ2v) is 5.87. The minimum Gasteiger partial charge on any atom is -0.467 e. The first-order chi connectivity index (χ1) is 12.5. The smallest absolute Gasteiger partial charge is 0.333 e. The Bertz CT molecular complexity index is 1050. The summed E-state index contributed by atoms with van der Waals surface area (Å²) < 4.78 is 5.78. The van der Waals surface area contributed by atoms with Crippen LogP contribution in [-0.4, -0.2) is 34.1 Å². The molecule has 6 nitrogen and oxygen atoms in total. The first-order valence-corrected chi connectivity index (χ1v) is 8.08. The normalized spacial score (nSPS) is 12.9. The molecule has 0 aliphatic rings. The molecule has 2 aromatic carbocycles. The Morgan fingerprint density at radius 3 is 2.50 bits per heavy atom. The fraction of sp³-hybridized carbons (Fsp3) is 0.200. The second-order valence-electron chi connectivity index (χ2n) is 5.87. The van der Waals surface area contributed by atoms with Crippen LogP contribution in [0.25, 0.3) is 10.9 Å². The average Bonchev–Trinajstić information content (AvgIpc) is 2.96. The van der Waals surface area contributed by atoms with Crippen molar-refractivity contribution in [3.63, 3.8) is 0 Å². The molecule has 0 spiro atoms. The molecule has 1 aromatic heterocycles. The molecular weight excluding hydrogens is 332 g/mol. The van der Waals surface area contributed by atoms with E-state index in [2.05, 4.69) is 21.7 Å². The van der Waals surface area contributed by atoms with E-state index in [9.17, 15) is 14.7 Å². The first kappa shape index (κ1) is 17.5. The Labute approximate surface area is 150 Å². The number of benzene rings is 2. The van der Waals surface area contributed by atoms with Gasteiger partial charge in [0.05, 0.1) is 24.1 Å². The highest BCUT2D eigenvalue weighted by atomic mass is 16.5. The fourth-order valence-electron chi connectivity index (χ4n) is 2.71. The number of hydrogen-bond donors (Lipinski definition) is 2. The maximum absolute atomic E-state index is 12.6. The van der Waals surface area contributed by atoms with E-state index >= 15 is 0 Å². The zero-order valence-corrected chi connectivity index (χ0v) is 14.4. The molecule has 0 bridgehead atoms. The summed E-state index contributed by atoms with van der Waals surface area (Å²) in [6.45, 7) is 1.43. The molecule has 0 saturated heterocycles. The maximum Gasteiger partial charge on any atom is 0.333 e. The predicted molar refractivity (Wildman–Crippen MR) is 97.7 cm³/mol. The molecule has 3 rings (SSSR count). The minimum absolute atomic E-state index is 0.404. The zero-order chi connectivity index (χ0) is 18.7. The van der Waals surface area contributed by atoms with E-state index in [-0.39, 0.29) is 0 Å². The van der Waals surface area contributed by atoms with Gasteiger partial charge in [0.15, 0.2) is 6.04 Å². The Morgan fingerprint density at radius 2 is 1.85 bits per heavy atom. The highest BCUT2D eigenvalue weighted by Crippen LogP contribution is 2.16. The predicted octanol–water partition coefficient (Wildman–Crippen LogP) is 1.82. The summed E-state index contributed by atoms with van der Waals surface area (Å²) in [7, 11) is 1.21. The maximum atomic E-state index is 12.6. The molecule has 0 saturated carbocycles. The van der Waals surface area contributed by atoms with Gasteiger partial charge in [-0.2, -0.15) is 0 Å². The third-order valence-electron chi connectivity index (χ3n) is 4.01. The summed E-state index contributed by atoms with van der Waals surface area (Å²) in [6, 6.07) is 13.6. The lowest BCUT2D eigenvalue weighted by atomic mass is 10.1. The fourth-order valence-corrected chi connectivity index (χ4v) is 2.71. The summed E-state index contributed by atoms with van der Waals surface area (Å²) in [5.74, 6) is 5.40. The Balaban J connectivity index is 2.03. The quantitative estimate of drug-likeness (QED) is 0.557. The number of carbonyl (C=O) groups is 1. The molecule has 0 aliphatic carbocycles. The minimum atomic E-state index is -1.14. The number of hydrogen-bond acceptors (Lipinski definition) is 4. The van der Waals surface area contributed by atoms with Crippen molar-refractivity contribution in [2.75, 3.05) is 7.11 Å². The number of carbonyl (C=O) groups excluding carboxylic acids is 1. The summed E-state index contributed by atoms with van der Waals surface area (Å²) >= 11 is 0. The highest BCUT2D eigenvalue weighted by molar-refractivity contribution is 5.81. The van der Waals surface area contributed by atoms with Crippen LogP contribution in [0.4, 0.5) is 0 Å². The summed E-state index contributed by atoms with van der Waals surface area (Å²) in [4.78, 5) is 24.5. The topological polar surface area (TPSA) is 84.3 Å². The SMILES string of the molecule is COC(=O)C([C@@H](C)O)n1[nH]c2cc(C#Cc3ccccc3)ccc2c1=O. The van der Waals surface area contributed by atoms with Crippen molar-refractivity contribution in [3.05, 3.63) is 70.0 Å². The number of rotatable bonds is 3. The van der Waals surface area contributed by atoms with Crippen LogP contribution >= 0.6 is 0 Å². The van der Waals surface area contributed by atoms with Crippen LogP contribution < -0.4 is 5.56 Å². The molecule has 0 fully saturated rings. The Hall–Kier alpha value is -3.30. The second kappa shape index (κ2) is 7.30. The number of ether oxygens (including phenoxy) is 1. The summed E-state index contributed by atoms with van der Waals surface area (Å²) in [5.41, 5.74) is 1.74. The van der Waals surface area contributed by atoms with Gasteiger partial charge in [-0.05, 0) is 37.3 Å². The van der Waals surface area contributed by atoms with Crippen LogP contribution in [-0.2, 0) is 9.53 Å². The zero-order valence-electron chi connectivity index (χ0n) is 14.4. The number of aromatic amines is 1. The molecule has 0 radical (unpaired) electrons. The number of methoxy groups -OCH3 is 1. The van der Waals surface area contributed by atoms with Gasteiger partial charge in [0.2, 0.25) is 0 Å². The van der Waals surface area contributed by atoms with Crippen LogP contribution in [0.3, 0.4) is 0 Å². The van der Waals surface area contributed by atoms with Gasteiger partial charge in [-0.25, -0.2) is 9.48 Å². The van der Waals surface area contributed by atoms with Gasteiger partial charge < -0.3 is 9.84 Å². The van der Waals surface area contributed by atoms with E-state index in [1.54, 1.807) is 18.2 Å². The third kappa shape index (κ3) is 3.39. The number of nitrogens with one attached hydrogen (secondary N) is 1. The van der Waals surface area contributed by atoms with Crippen LogP contribution in [0.2, 0.25) is 0 Å². The van der Waals surface area contributed by atoms with Crippen molar-refractivity contribution in [1.29, 1.82) is 0 Å². The summed E-state index contributed by atoms with van der Waals surface area (Å²) in [5, 5.41) is 13.2. The van der Waals surface area contributed by atoms with Crippen molar-refractivity contribution in [2.45, 2.75) is 19.1 Å². The van der Waals surface area contributed by atoms with Crippen molar-refractivity contribution in [2.24, 2.45) is 0 Å². The molecule has 132 valence electrons. The van der Waals surface area contributed by atoms with Crippen molar-refractivity contribution >= 4 is 16.9 Å². The summed E-state index contributed by atoms with van der Waals surface area (Å²) in [6.07, 6.45) is -1.09. The third-order valence-corrected chi connectivity index (χ3v) is 4.01. The van der Waals surface area contributed by atoms with Gasteiger partial charge in [-0.15, -0.1) is 0 Å². The molecule has 0 aliphatic heterocycles. The largest absolute Gasteiger partial charge is 0.467 e. The van der Waals surface area contributed by atoms with Crippen molar-refractivity contribution < 1.29 is 14.6 Å². The highest BCUT2D eigenvalue weighted by Gasteiger charge is 2.29. The molecular formula is C20H18N2O4. The Morgan fingerprint density at radius 1 is 1.15 bits per heavy atom. The molecule has 3 aromatic rings.